The first-order valence-corrected chi connectivity index (χ1v) is 7.92. The molecule has 0 saturated carbocycles. The zero-order valence-electron chi connectivity index (χ0n) is 11.4. The molecule has 2 atom stereocenters. The van der Waals surface area contributed by atoms with Crippen molar-refractivity contribution in [3.8, 4) is 0 Å². The van der Waals surface area contributed by atoms with Crippen molar-refractivity contribution in [1.82, 2.24) is 10.2 Å². The molecule has 2 fully saturated rings. The third kappa shape index (κ3) is 4.43. The van der Waals surface area contributed by atoms with Crippen LogP contribution in [0, 0.1) is 0 Å². The summed E-state index contributed by atoms with van der Waals surface area (Å²) in [6.07, 6.45) is 1.64. The van der Waals surface area contributed by atoms with Gasteiger partial charge in [-0.15, -0.1) is 0 Å². The lowest BCUT2D eigenvalue weighted by Crippen LogP contribution is -2.52. The van der Waals surface area contributed by atoms with Crippen molar-refractivity contribution >= 4 is 11.8 Å². The van der Waals surface area contributed by atoms with Crippen molar-refractivity contribution in [2.75, 3.05) is 37.7 Å². The maximum atomic E-state index is 5.93. The Morgan fingerprint density at radius 3 is 2.94 bits per heavy atom. The molecule has 2 aliphatic heterocycles. The highest BCUT2D eigenvalue weighted by molar-refractivity contribution is 7.99. The molecule has 2 unspecified atom stereocenters. The molecule has 17 heavy (non-hydrogen) atoms. The van der Waals surface area contributed by atoms with Gasteiger partial charge in [0.2, 0.25) is 0 Å². The van der Waals surface area contributed by atoms with E-state index in [4.69, 9.17) is 4.74 Å². The third-order valence-corrected chi connectivity index (χ3v) is 4.56. The summed E-state index contributed by atoms with van der Waals surface area (Å²) in [7, 11) is 0. The smallest absolute Gasteiger partial charge is 0.0757 e. The first-order chi connectivity index (χ1) is 8.05. The van der Waals surface area contributed by atoms with E-state index >= 15 is 0 Å². The van der Waals surface area contributed by atoms with E-state index in [-0.39, 0.29) is 5.60 Å². The zero-order chi connectivity index (χ0) is 12.3. The van der Waals surface area contributed by atoms with E-state index in [2.05, 4.69) is 42.7 Å². The summed E-state index contributed by atoms with van der Waals surface area (Å²) in [6, 6.07) is 0.718. The Balaban J connectivity index is 1.74. The van der Waals surface area contributed by atoms with Crippen molar-refractivity contribution in [2.24, 2.45) is 0 Å². The van der Waals surface area contributed by atoms with Crippen LogP contribution in [-0.4, -0.2) is 60.3 Å². The Morgan fingerprint density at radius 1 is 1.47 bits per heavy atom. The molecule has 0 aromatic carbocycles. The quantitative estimate of drug-likeness (QED) is 0.831. The molecule has 1 N–H and O–H groups in total. The minimum absolute atomic E-state index is 0.0202. The van der Waals surface area contributed by atoms with Gasteiger partial charge in [-0.25, -0.2) is 0 Å². The normalized spacial score (nSPS) is 34.8. The summed E-state index contributed by atoms with van der Waals surface area (Å²) < 4.78 is 5.93. The van der Waals surface area contributed by atoms with Crippen LogP contribution in [0.1, 0.15) is 27.2 Å². The van der Waals surface area contributed by atoms with Gasteiger partial charge in [-0.3, -0.25) is 4.90 Å². The Kier molecular flexibility index (Phi) is 4.75. The molecule has 2 aliphatic rings. The van der Waals surface area contributed by atoms with Crippen LogP contribution in [-0.2, 0) is 4.74 Å². The maximum absolute atomic E-state index is 5.93. The fourth-order valence-electron chi connectivity index (χ4n) is 2.90. The molecule has 0 aliphatic carbocycles. The van der Waals surface area contributed by atoms with Gasteiger partial charge < -0.3 is 10.1 Å². The largest absolute Gasteiger partial charge is 0.370 e. The monoisotopic (exact) mass is 258 g/mol. The SMILES string of the molecule is CC1CN(CCC2CSCCN2)CC(C)(C)O1. The lowest BCUT2D eigenvalue weighted by molar-refractivity contribution is -0.129. The molecule has 0 aromatic heterocycles. The number of rotatable bonds is 3. The van der Waals surface area contributed by atoms with Crippen molar-refractivity contribution in [3.63, 3.8) is 0 Å². The highest BCUT2D eigenvalue weighted by Gasteiger charge is 2.31. The average Bonchev–Trinajstić information content (AvgIpc) is 2.25. The molecule has 2 rings (SSSR count). The van der Waals surface area contributed by atoms with Crippen LogP contribution in [0.2, 0.25) is 0 Å². The first-order valence-electron chi connectivity index (χ1n) is 6.76. The van der Waals surface area contributed by atoms with E-state index in [0.29, 0.717) is 6.10 Å². The van der Waals surface area contributed by atoms with Gasteiger partial charge in [-0.1, -0.05) is 0 Å². The standard InChI is InChI=1S/C13H26N2OS/c1-11-8-15(10-13(2,3)16-11)6-4-12-9-17-7-5-14-12/h11-12,14H,4-10H2,1-3H3. The van der Waals surface area contributed by atoms with E-state index in [1.165, 1.54) is 31.0 Å². The van der Waals surface area contributed by atoms with Gasteiger partial charge in [0.1, 0.15) is 0 Å². The Bertz CT molecular complexity index is 242. The van der Waals surface area contributed by atoms with Gasteiger partial charge >= 0.3 is 0 Å². The van der Waals surface area contributed by atoms with Crippen LogP contribution < -0.4 is 5.32 Å². The molecule has 2 saturated heterocycles. The maximum Gasteiger partial charge on any atom is 0.0757 e. The third-order valence-electron chi connectivity index (χ3n) is 3.43. The van der Waals surface area contributed by atoms with Gasteiger partial charge in [-0.05, 0) is 33.7 Å². The number of nitrogens with one attached hydrogen (secondary N) is 1. The lowest BCUT2D eigenvalue weighted by Gasteiger charge is -2.42. The topological polar surface area (TPSA) is 24.5 Å². The molecular weight excluding hydrogens is 232 g/mol. The van der Waals surface area contributed by atoms with E-state index in [0.717, 1.165) is 19.1 Å². The Hall–Kier alpha value is 0.230. The lowest BCUT2D eigenvalue weighted by atomic mass is 10.0. The van der Waals surface area contributed by atoms with Crippen LogP contribution in [0.4, 0.5) is 0 Å². The molecule has 0 spiro atoms. The number of hydrogen-bond donors (Lipinski definition) is 1. The molecular formula is C13H26N2OS. The van der Waals surface area contributed by atoms with Crippen LogP contribution in [0.25, 0.3) is 0 Å². The second kappa shape index (κ2) is 5.91. The Labute approximate surface area is 110 Å². The highest BCUT2D eigenvalue weighted by Crippen LogP contribution is 2.21. The highest BCUT2D eigenvalue weighted by atomic mass is 32.2. The van der Waals surface area contributed by atoms with E-state index < -0.39 is 0 Å². The average molecular weight is 258 g/mol. The van der Waals surface area contributed by atoms with Crippen molar-refractivity contribution in [2.45, 2.75) is 44.9 Å². The molecule has 0 aromatic rings. The molecule has 4 heteroatoms. The summed E-state index contributed by atoms with van der Waals surface area (Å²) in [5, 5.41) is 3.61. The number of hydrogen-bond acceptors (Lipinski definition) is 4. The number of ether oxygens (including phenoxy) is 1. The van der Waals surface area contributed by atoms with Gasteiger partial charge in [0, 0.05) is 37.2 Å². The molecule has 0 radical (unpaired) electrons. The molecule has 2 heterocycles. The first kappa shape index (κ1) is 13.7. The van der Waals surface area contributed by atoms with Crippen molar-refractivity contribution in [3.05, 3.63) is 0 Å². The predicted octanol–water partition coefficient (Wildman–Crippen LogP) is 1.58. The van der Waals surface area contributed by atoms with Gasteiger partial charge in [-0.2, -0.15) is 11.8 Å². The van der Waals surface area contributed by atoms with Gasteiger partial charge in [0.15, 0.2) is 0 Å². The van der Waals surface area contributed by atoms with E-state index in [9.17, 15) is 0 Å². The van der Waals surface area contributed by atoms with Crippen LogP contribution in [0.15, 0.2) is 0 Å². The van der Waals surface area contributed by atoms with Crippen LogP contribution in [0.5, 0.6) is 0 Å². The van der Waals surface area contributed by atoms with Crippen molar-refractivity contribution < 1.29 is 4.74 Å². The summed E-state index contributed by atoms with van der Waals surface area (Å²) in [5.41, 5.74) is 0.0202. The summed E-state index contributed by atoms with van der Waals surface area (Å²) >= 11 is 2.08. The summed E-state index contributed by atoms with van der Waals surface area (Å²) in [6.45, 7) is 11.1. The minimum Gasteiger partial charge on any atom is -0.370 e. The fourth-order valence-corrected chi connectivity index (χ4v) is 3.90. The molecule has 3 nitrogen and oxygen atoms in total. The fraction of sp³-hybridized carbons (Fsp3) is 1.00. The van der Waals surface area contributed by atoms with Gasteiger partial charge in [0.25, 0.3) is 0 Å². The second-order valence-electron chi connectivity index (χ2n) is 5.94. The van der Waals surface area contributed by atoms with E-state index in [1.807, 2.05) is 0 Å². The van der Waals surface area contributed by atoms with E-state index in [1.54, 1.807) is 0 Å². The molecule has 0 bridgehead atoms. The van der Waals surface area contributed by atoms with Crippen LogP contribution in [0.3, 0.4) is 0 Å². The zero-order valence-corrected chi connectivity index (χ0v) is 12.2. The summed E-state index contributed by atoms with van der Waals surface area (Å²) in [4.78, 5) is 2.56. The minimum atomic E-state index is 0.0202. The second-order valence-corrected chi connectivity index (χ2v) is 7.09. The van der Waals surface area contributed by atoms with Crippen LogP contribution >= 0.6 is 11.8 Å². The van der Waals surface area contributed by atoms with Gasteiger partial charge in [0.05, 0.1) is 11.7 Å². The number of morpholine rings is 1. The number of thioether (sulfide) groups is 1. The summed E-state index contributed by atoms with van der Waals surface area (Å²) in [5.74, 6) is 2.56. The number of nitrogens with zero attached hydrogens (tertiary/aromatic N) is 1. The molecule has 100 valence electrons. The molecule has 0 amide bonds. The van der Waals surface area contributed by atoms with Crippen molar-refractivity contribution in [1.29, 1.82) is 0 Å². The Morgan fingerprint density at radius 2 is 2.29 bits per heavy atom. The predicted molar refractivity (Wildman–Crippen MR) is 74.8 cm³/mol.